The van der Waals surface area contributed by atoms with Crippen LogP contribution in [0.1, 0.15) is 5.56 Å². The van der Waals surface area contributed by atoms with Crippen molar-refractivity contribution in [2.75, 3.05) is 0 Å². The van der Waals surface area contributed by atoms with E-state index in [0.29, 0.717) is 17.1 Å². The maximum atomic E-state index is 13.3. The molecular weight excluding hydrogens is 402 g/mol. The first-order valence-corrected chi connectivity index (χ1v) is 10.0. The van der Waals surface area contributed by atoms with Gasteiger partial charge in [0.15, 0.2) is 0 Å². The number of benzene rings is 3. The molecule has 7 heteroatoms. The van der Waals surface area contributed by atoms with Crippen molar-refractivity contribution in [1.29, 1.82) is 5.53 Å². The van der Waals surface area contributed by atoms with E-state index >= 15 is 0 Å². The van der Waals surface area contributed by atoms with Crippen LogP contribution in [0.15, 0.2) is 107 Å². The smallest absolute Gasteiger partial charge is 0.320 e. The SMILES string of the molecule is Cc1ccc(-n2ncc([NH2+]/C=C\N=N)c(Oc3ccc(-c4ccccc4)cc3)c2=O)cc1. The predicted octanol–water partition coefficient (Wildman–Crippen LogP) is 4.70. The van der Waals surface area contributed by atoms with Gasteiger partial charge in [0.25, 0.3) is 5.75 Å². The third-order valence-corrected chi connectivity index (χ3v) is 4.86. The average molecular weight is 424 g/mol. The third kappa shape index (κ3) is 4.69. The van der Waals surface area contributed by atoms with Crippen LogP contribution in [0.5, 0.6) is 11.5 Å². The average Bonchev–Trinajstić information content (AvgIpc) is 2.83. The lowest BCUT2D eigenvalue weighted by Crippen LogP contribution is -2.71. The lowest BCUT2D eigenvalue weighted by Gasteiger charge is -2.11. The number of nitrogens with two attached hydrogens (primary N) is 1. The molecule has 0 aliphatic rings. The molecule has 7 nitrogen and oxygen atoms in total. The summed E-state index contributed by atoms with van der Waals surface area (Å²) in [6, 6.07) is 25.1. The standard InChI is InChI=1S/C25H21N5O2/c1-18-7-11-21(12-8-18)30-25(31)24(23(17-29-30)27-15-16-28-26)32-22-13-9-20(10-14-22)19-5-3-2-4-6-19/h2-17,26-27H,1H3/p+1/b16-15-,28-26?. The fraction of sp³-hybridized carbons (Fsp3) is 0.0400. The zero-order valence-electron chi connectivity index (χ0n) is 17.5. The minimum absolute atomic E-state index is 0.141. The van der Waals surface area contributed by atoms with E-state index in [4.69, 9.17) is 10.3 Å². The quantitative estimate of drug-likeness (QED) is 0.421. The van der Waals surface area contributed by atoms with Gasteiger partial charge in [0.05, 0.1) is 5.69 Å². The Morgan fingerprint density at radius 2 is 1.66 bits per heavy atom. The predicted molar refractivity (Wildman–Crippen MR) is 122 cm³/mol. The van der Waals surface area contributed by atoms with Crippen molar-refractivity contribution in [3.05, 3.63) is 113 Å². The van der Waals surface area contributed by atoms with Gasteiger partial charge in [0.2, 0.25) is 5.69 Å². The van der Waals surface area contributed by atoms with E-state index in [1.807, 2.05) is 85.8 Å². The molecular formula is C25H22N5O2+. The van der Waals surface area contributed by atoms with Crippen molar-refractivity contribution in [3.63, 3.8) is 0 Å². The molecule has 0 aliphatic carbocycles. The summed E-state index contributed by atoms with van der Waals surface area (Å²) in [5.41, 5.74) is 10.9. The number of nitrogens with one attached hydrogen (secondary N) is 1. The highest BCUT2D eigenvalue weighted by atomic mass is 16.5. The highest BCUT2D eigenvalue weighted by molar-refractivity contribution is 5.64. The Hall–Kier alpha value is -4.36. The summed E-state index contributed by atoms with van der Waals surface area (Å²) in [6.45, 7) is 1.98. The maximum absolute atomic E-state index is 13.3. The molecule has 0 unspecified atom stereocenters. The summed E-state index contributed by atoms with van der Waals surface area (Å²) in [6.07, 6.45) is 4.43. The van der Waals surface area contributed by atoms with Gasteiger partial charge in [0.1, 0.15) is 24.3 Å². The number of hydrogen-bond acceptors (Lipinski definition) is 5. The van der Waals surface area contributed by atoms with Crippen molar-refractivity contribution in [3.8, 4) is 28.3 Å². The van der Waals surface area contributed by atoms with Gasteiger partial charge in [-0.1, -0.05) is 60.2 Å². The van der Waals surface area contributed by atoms with E-state index in [1.165, 1.54) is 10.9 Å². The first-order chi connectivity index (χ1) is 15.7. The van der Waals surface area contributed by atoms with Crippen LogP contribution in [0.3, 0.4) is 0 Å². The molecule has 0 fully saturated rings. The van der Waals surface area contributed by atoms with E-state index in [0.717, 1.165) is 16.7 Å². The lowest BCUT2D eigenvalue weighted by atomic mass is 10.1. The molecule has 0 radical (unpaired) electrons. The van der Waals surface area contributed by atoms with Crippen LogP contribution in [0.4, 0.5) is 5.69 Å². The molecule has 0 saturated carbocycles. The summed E-state index contributed by atoms with van der Waals surface area (Å²) in [5, 5.41) is 9.13. The maximum Gasteiger partial charge on any atom is 0.320 e. The van der Waals surface area contributed by atoms with Crippen LogP contribution in [0.25, 0.3) is 16.8 Å². The van der Waals surface area contributed by atoms with Gasteiger partial charge >= 0.3 is 5.56 Å². The first kappa shape index (κ1) is 20.9. The Morgan fingerprint density at radius 1 is 0.969 bits per heavy atom. The first-order valence-electron chi connectivity index (χ1n) is 10.0. The van der Waals surface area contributed by atoms with Crippen LogP contribution in [0.2, 0.25) is 0 Å². The van der Waals surface area contributed by atoms with Gasteiger partial charge in [0, 0.05) is 0 Å². The Balaban J connectivity index is 1.70. The van der Waals surface area contributed by atoms with Crippen LogP contribution in [-0.4, -0.2) is 9.78 Å². The number of nitrogens with zero attached hydrogens (tertiary/aromatic N) is 3. The van der Waals surface area contributed by atoms with Crippen molar-refractivity contribution < 1.29 is 10.1 Å². The van der Waals surface area contributed by atoms with Crippen LogP contribution < -0.4 is 15.6 Å². The van der Waals surface area contributed by atoms with E-state index in [9.17, 15) is 4.79 Å². The second kappa shape index (κ2) is 9.63. The number of rotatable bonds is 7. The molecule has 3 aromatic carbocycles. The normalized spacial score (nSPS) is 10.9. The van der Waals surface area contributed by atoms with Gasteiger partial charge < -0.3 is 4.74 Å². The molecule has 4 aromatic rings. The van der Waals surface area contributed by atoms with E-state index in [-0.39, 0.29) is 11.3 Å². The Kier molecular flexibility index (Phi) is 6.29. The Bertz CT molecular complexity index is 1300. The number of ether oxygens (including phenoxy) is 1. The van der Waals surface area contributed by atoms with E-state index in [1.54, 1.807) is 17.7 Å². The summed E-state index contributed by atoms with van der Waals surface area (Å²) >= 11 is 0. The molecule has 0 spiro atoms. The lowest BCUT2D eigenvalue weighted by molar-refractivity contribution is -0.497. The zero-order chi connectivity index (χ0) is 22.3. The van der Waals surface area contributed by atoms with Crippen molar-refractivity contribution in [2.24, 2.45) is 5.11 Å². The van der Waals surface area contributed by atoms with Gasteiger partial charge in [-0.25, -0.2) is 5.53 Å². The van der Waals surface area contributed by atoms with Gasteiger partial charge in [-0.05, 0) is 42.3 Å². The van der Waals surface area contributed by atoms with E-state index in [2.05, 4.69) is 10.2 Å². The van der Waals surface area contributed by atoms with Gasteiger partial charge in [-0.2, -0.15) is 14.9 Å². The van der Waals surface area contributed by atoms with Crippen molar-refractivity contribution in [1.82, 2.24) is 9.78 Å². The summed E-state index contributed by atoms with van der Waals surface area (Å²) in [7, 11) is 0. The van der Waals surface area contributed by atoms with Crippen molar-refractivity contribution in [2.45, 2.75) is 6.92 Å². The molecule has 0 aliphatic heterocycles. The van der Waals surface area contributed by atoms with Crippen molar-refractivity contribution >= 4 is 5.69 Å². The molecule has 3 N–H and O–H groups in total. The van der Waals surface area contributed by atoms with Gasteiger partial charge in [-0.3, -0.25) is 10.1 Å². The number of aromatic nitrogens is 2. The third-order valence-electron chi connectivity index (χ3n) is 4.86. The number of quaternary nitrogens is 1. The molecule has 0 atom stereocenters. The van der Waals surface area contributed by atoms with Crippen LogP contribution in [-0.2, 0) is 0 Å². The summed E-state index contributed by atoms with van der Waals surface area (Å²) in [4.78, 5) is 13.3. The Labute approximate surface area is 185 Å². The zero-order valence-corrected chi connectivity index (χ0v) is 17.5. The fourth-order valence-corrected chi connectivity index (χ4v) is 3.20. The topological polar surface area (TPSA) is 96.9 Å². The molecule has 32 heavy (non-hydrogen) atoms. The van der Waals surface area contributed by atoms with E-state index < -0.39 is 0 Å². The molecule has 0 saturated heterocycles. The minimum Gasteiger partial charge on any atom is -0.446 e. The molecule has 158 valence electrons. The second-order valence-electron chi connectivity index (χ2n) is 7.11. The molecule has 1 aromatic heterocycles. The number of hydrogen-bond donors (Lipinski definition) is 2. The molecule has 0 amide bonds. The summed E-state index contributed by atoms with van der Waals surface area (Å²) in [5.74, 6) is 0.676. The minimum atomic E-state index is -0.383. The monoisotopic (exact) mass is 424 g/mol. The van der Waals surface area contributed by atoms with Gasteiger partial charge in [-0.15, -0.1) is 0 Å². The Morgan fingerprint density at radius 3 is 2.34 bits per heavy atom. The fourth-order valence-electron chi connectivity index (χ4n) is 3.20. The highest BCUT2D eigenvalue weighted by Gasteiger charge is 2.18. The second-order valence-corrected chi connectivity index (χ2v) is 7.11. The molecule has 4 rings (SSSR count). The molecule has 0 bridgehead atoms. The molecule has 1 heterocycles. The van der Waals surface area contributed by atoms with Crippen LogP contribution >= 0.6 is 0 Å². The number of aryl methyl sites for hydroxylation is 1. The van der Waals surface area contributed by atoms with Crippen LogP contribution in [0, 0.1) is 12.5 Å². The largest absolute Gasteiger partial charge is 0.446 e. The summed E-state index contributed by atoms with van der Waals surface area (Å²) < 4.78 is 7.34. The highest BCUT2D eigenvalue weighted by Crippen LogP contribution is 2.26.